The lowest BCUT2D eigenvalue weighted by Crippen LogP contribution is -2.71. The lowest BCUT2D eigenvalue weighted by molar-refractivity contribution is -0.161. The zero-order chi connectivity index (χ0) is 27.6. The molecule has 2 aromatic rings. The fraction of sp³-hybridized carbons (Fsp3) is 0.368. The summed E-state index contributed by atoms with van der Waals surface area (Å²) in [4.78, 5) is 60.3. The smallest absolute Gasteiger partial charge is 0.353 e. The SMILES string of the molecule is CC(C)(ON=C(C(=O)NC1C(=O)N2C(C(=O)O)=C(SCSc3cn[nH]n3)CS[C@@H]12)c1csc(N)n1)C(=O)O. The second kappa shape index (κ2) is 11.2. The number of oxime groups is 1. The second-order valence-corrected chi connectivity index (χ2v) is 12.5. The number of fused-ring (bicyclic) bond motifs is 1. The molecule has 0 saturated carbocycles. The van der Waals surface area contributed by atoms with Crippen LogP contribution in [0.1, 0.15) is 19.5 Å². The average molecular weight is 601 g/mol. The number of H-pyrrole nitrogens is 1. The van der Waals surface area contributed by atoms with Crippen molar-refractivity contribution in [1.82, 2.24) is 30.6 Å². The highest BCUT2D eigenvalue weighted by Gasteiger charge is 2.54. The fourth-order valence-electron chi connectivity index (χ4n) is 3.13. The first-order valence-electron chi connectivity index (χ1n) is 10.5. The molecule has 1 fully saturated rings. The summed E-state index contributed by atoms with van der Waals surface area (Å²) in [6, 6.07) is -1.05. The molecule has 2 amide bonds. The van der Waals surface area contributed by atoms with Crippen molar-refractivity contribution in [3.63, 3.8) is 0 Å². The van der Waals surface area contributed by atoms with Crippen LogP contribution in [0, 0.1) is 0 Å². The molecule has 19 heteroatoms. The highest BCUT2D eigenvalue weighted by atomic mass is 32.2. The van der Waals surface area contributed by atoms with Crippen LogP contribution in [0.15, 0.2) is 32.4 Å². The molecule has 38 heavy (non-hydrogen) atoms. The summed E-state index contributed by atoms with van der Waals surface area (Å²) in [6.07, 6.45) is 1.54. The van der Waals surface area contributed by atoms with E-state index < -0.39 is 40.8 Å². The molecular weight excluding hydrogens is 581 g/mol. The highest BCUT2D eigenvalue weighted by molar-refractivity contribution is 8.18. The lowest BCUT2D eigenvalue weighted by Gasteiger charge is -2.49. The first-order valence-corrected chi connectivity index (χ1v) is 14.4. The maximum Gasteiger partial charge on any atom is 0.353 e. The number of β-lactam (4-membered cyclic amide) rings is 1. The van der Waals surface area contributed by atoms with E-state index in [4.69, 9.17) is 10.6 Å². The van der Waals surface area contributed by atoms with E-state index in [1.54, 1.807) is 6.20 Å². The van der Waals surface area contributed by atoms with Crippen LogP contribution < -0.4 is 11.1 Å². The minimum absolute atomic E-state index is 0.0283. The van der Waals surface area contributed by atoms with Crippen molar-refractivity contribution in [2.24, 2.45) is 5.16 Å². The zero-order valence-electron chi connectivity index (χ0n) is 19.6. The molecule has 2 atom stereocenters. The summed E-state index contributed by atoms with van der Waals surface area (Å²) in [5.41, 5.74) is 3.42. The van der Waals surface area contributed by atoms with Crippen LogP contribution >= 0.6 is 46.6 Å². The van der Waals surface area contributed by atoms with Gasteiger partial charge >= 0.3 is 11.9 Å². The number of carbonyl (C=O) groups excluding carboxylic acids is 2. The third kappa shape index (κ3) is 5.74. The molecule has 0 aromatic carbocycles. The number of thiazole rings is 1. The summed E-state index contributed by atoms with van der Waals surface area (Å²) >= 11 is 4.97. The van der Waals surface area contributed by atoms with Crippen LogP contribution in [0.4, 0.5) is 5.13 Å². The Balaban J connectivity index is 1.49. The predicted octanol–water partition coefficient (Wildman–Crippen LogP) is 0.606. The van der Waals surface area contributed by atoms with Crippen molar-refractivity contribution in [3.8, 4) is 0 Å². The van der Waals surface area contributed by atoms with Gasteiger partial charge in [-0.25, -0.2) is 14.6 Å². The van der Waals surface area contributed by atoms with Crippen molar-refractivity contribution in [2.45, 2.75) is 35.9 Å². The van der Waals surface area contributed by atoms with Gasteiger partial charge in [-0.1, -0.05) is 16.9 Å². The van der Waals surface area contributed by atoms with Crippen LogP contribution in [0.25, 0.3) is 0 Å². The number of rotatable bonds is 11. The van der Waals surface area contributed by atoms with Gasteiger partial charge in [0.05, 0.1) is 11.3 Å². The van der Waals surface area contributed by atoms with Crippen LogP contribution in [-0.4, -0.2) is 92.8 Å². The minimum atomic E-state index is -1.75. The highest BCUT2D eigenvalue weighted by Crippen LogP contribution is 2.44. The number of carboxylic acid groups (broad SMARTS) is 2. The van der Waals surface area contributed by atoms with E-state index in [-0.39, 0.29) is 22.2 Å². The number of carbonyl (C=O) groups is 4. The number of carboxylic acids is 2. The number of anilines is 1. The molecule has 4 heterocycles. The molecule has 2 aliphatic heterocycles. The molecule has 0 spiro atoms. The Bertz CT molecular complexity index is 1330. The van der Waals surface area contributed by atoms with Gasteiger partial charge in [-0.05, 0) is 13.8 Å². The molecule has 1 unspecified atom stereocenters. The molecule has 4 rings (SSSR count). The topological polar surface area (TPSA) is 226 Å². The maximum absolute atomic E-state index is 13.1. The predicted molar refractivity (Wildman–Crippen MR) is 140 cm³/mol. The van der Waals surface area contributed by atoms with Crippen molar-refractivity contribution in [3.05, 3.63) is 27.9 Å². The van der Waals surface area contributed by atoms with Crippen molar-refractivity contribution < 1.29 is 34.2 Å². The monoisotopic (exact) mass is 600 g/mol. The van der Waals surface area contributed by atoms with E-state index in [0.29, 0.717) is 20.8 Å². The second-order valence-electron chi connectivity index (χ2n) is 8.07. The third-order valence-corrected chi connectivity index (χ3v) is 9.37. The van der Waals surface area contributed by atoms with Crippen LogP contribution in [-0.2, 0) is 24.0 Å². The Hall–Kier alpha value is -3.29. The van der Waals surface area contributed by atoms with Crippen molar-refractivity contribution in [2.75, 3.05) is 16.6 Å². The molecule has 0 aliphatic carbocycles. The van der Waals surface area contributed by atoms with Gasteiger partial charge in [-0.2, -0.15) is 10.3 Å². The molecule has 0 bridgehead atoms. The van der Waals surface area contributed by atoms with E-state index in [9.17, 15) is 29.4 Å². The largest absolute Gasteiger partial charge is 0.478 e. The first kappa shape index (κ1) is 27.7. The molecule has 2 aliphatic rings. The van der Waals surface area contributed by atoms with Gasteiger partial charge in [0.25, 0.3) is 11.8 Å². The number of thioether (sulfide) groups is 3. The van der Waals surface area contributed by atoms with E-state index in [2.05, 4.69) is 30.9 Å². The van der Waals surface area contributed by atoms with Crippen molar-refractivity contribution >= 4 is 81.2 Å². The van der Waals surface area contributed by atoms with Gasteiger partial charge in [0.2, 0.25) is 5.60 Å². The number of nitrogens with one attached hydrogen (secondary N) is 2. The van der Waals surface area contributed by atoms with E-state index in [0.717, 1.165) is 16.2 Å². The third-order valence-electron chi connectivity index (χ3n) is 5.12. The van der Waals surface area contributed by atoms with Gasteiger partial charge in [0.15, 0.2) is 10.8 Å². The quantitative estimate of drug-likeness (QED) is 0.0783. The maximum atomic E-state index is 13.1. The van der Waals surface area contributed by atoms with E-state index in [1.165, 1.54) is 54.5 Å². The molecule has 1 saturated heterocycles. The molecule has 15 nitrogen and oxygen atoms in total. The summed E-state index contributed by atoms with van der Waals surface area (Å²) in [6.45, 7) is 2.49. The number of nitrogens with two attached hydrogens (primary N) is 1. The Morgan fingerprint density at radius 1 is 1.37 bits per heavy atom. The van der Waals surface area contributed by atoms with Crippen LogP contribution in [0.2, 0.25) is 0 Å². The van der Waals surface area contributed by atoms with Gasteiger partial charge in [0, 0.05) is 16.0 Å². The van der Waals surface area contributed by atoms with Gasteiger partial charge in [0.1, 0.15) is 27.8 Å². The number of amides is 2. The lowest BCUT2D eigenvalue weighted by atomic mass is 10.0. The number of nitrogen functional groups attached to an aromatic ring is 1. The molecule has 6 N–H and O–H groups in total. The van der Waals surface area contributed by atoms with Gasteiger partial charge in [-0.15, -0.1) is 40.0 Å². The van der Waals surface area contributed by atoms with Crippen LogP contribution in [0.3, 0.4) is 0 Å². The zero-order valence-corrected chi connectivity index (χ0v) is 22.9. The summed E-state index contributed by atoms with van der Waals surface area (Å²) in [5.74, 6) is -3.74. The number of aliphatic carboxylic acids is 2. The normalized spacial score (nSPS) is 19.6. The summed E-state index contributed by atoms with van der Waals surface area (Å²) in [5, 5.41) is 37.5. The van der Waals surface area contributed by atoms with E-state index >= 15 is 0 Å². The Morgan fingerprint density at radius 2 is 2.13 bits per heavy atom. The average Bonchev–Trinajstić information content (AvgIpc) is 3.54. The molecular formula is C19H20N8O7S4. The number of nitrogens with zero attached hydrogens (tertiary/aromatic N) is 5. The minimum Gasteiger partial charge on any atom is -0.478 e. The first-order chi connectivity index (χ1) is 18.0. The molecule has 2 aromatic heterocycles. The fourth-order valence-corrected chi connectivity index (χ4v) is 7.25. The number of aromatic nitrogens is 4. The van der Waals surface area contributed by atoms with Crippen LogP contribution in [0.5, 0.6) is 0 Å². The summed E-state index contributed by atoms with van der Waals surface area (Å²) in [7, 11) is 0. The van der Waals surface area contributed by atoms with Gasteiger partial charge < -0.3 is 26.1 Å². The van der Waals surface area contributed by atoms with Crippen molar-refractivity contribution in [1.29, 1.82) is 0 Å². The molecule has 0 radical (unpaired) electrons. The Labute approximate surface area is 231 Å². The Morgan fingerprint density at radius 3 is 2.74 bits per heavy atom. The standard InChI is InChI=1S/C19H20N8O7S4/c1-19(2,17(32)33)34-25-10(7-4-36-18(20)22-7)13(28)23-11-14(29)27-12(16(30)31)8(5-35-15(11)27)37-6-38-9-3-21-26-24-9/h3-4,11,15H,5-6H2,1-2H3,(H2,20,22)(H,23,28)(H,30,31)(H,32,33)(H,21,24,26)/t11?,15-/m0/s1. The number of hydrogen-bond donors (Lipinski definition) is 5. The summed E-state index contributed by atoms with van der Waals surface area (Å²) < 4.78 is 0. The number of hydrogen-bond acceptors (Lipinski definition) is 14. The number of aromatic amines is 1. The molecule has 202 valence electrons. The van der Waals surface area contributed by atoms with Gasteiger partial charge in [-0.3, -0.25) is 14.5 Å². The van der Waals surface area contributed by atoms with E-state index in [1.807, 2.05) is 0 Å². The Kier molecular flexibility index (Phi) is 8.19.